The van der Waals surface area contributed by atoms with E-state index in [2.05, 4.69) is 4.98 Å². The summed E-state index contributed by atoms with van der Waals surface area (Å²) >= 11 is 0. The highest BCUT2D eigenvalue weighted by Gasteiger charge is 2.34. The maximum atomic E-state index is 12.5. The lowest BCUT2D eigenvalue weighted by Gasteiger charge is -2.34. The average molecular weight is 315 g/mol. The second-order valence-corrected chi connectivity index (χ2v) is 7.05. The van der Waals surface area contributed by atoms with Gasteiger partial charge in [0.2, 0.25) is 10.0 Å². The summed E-state index contributed by atoms with van der Waals surface area (Å²) in [5, 5.41) is 20.5. The first-order chi connectivity index (χ1) is 9.84. The first-order valence-corrected chi connectivity index (χ1v) is 8.04. The van der Waals surface area contributed by atoms with Crippen molar-refractivity contribution in [3.05, 3.63) is 28.4 Å². The monoisotopic (exact) mass is 315 g/mol. The summed E-state index contributed by atoms with van der Waals surface area (Å²) in [5.41, 5.74) is 0. The van der Waals surface area contributed by atoms with Crippen LogP contribution in [0.2, 0.25) is 0 Å². The highest BCUT2D eigenvalue weighted by Crippen LogP contribution is 2.27. The summed E-state index contributed by atoms with van der Waals surface area (Å²) in [6.45, 7) is 0. The largest absolute Gasteiger partial charge is 0.391 e. The standard InChI is InChI=1S/C12H17N3O5S/c1-14(10-4-2-3-5-11(10)16)21(19,20)9-6-7-12(13-8-9)15(17)18/h6-8,10-11,16H,2-5H2,1H3. The van der Waals surface area contributed by atoms with Gasteiger partial charge in [-0.1, -0.05) is 12.8 Å². The molecule has 2 unspecified atom stereocenters. The number of aliphatic hydroxyl groups is 1. The van der Waals surface area contributed by atoms with Gasteiger partial charge in [-0.2, -0.15) is 4.31 Å². The van der Waals surface area contributed by atoms with E-state index in [0.717, 1.165) is 35.5 Å². The van der Waals surface area contributed by atoms with Gasteiger partial charge in [-0.15, -0.1) is 0 Å². The molecule has 1 heterocycles. The molecule has 1 aliphatic rings. The fourth-order valence-electron chi connectivity index (χ4n) is 2.49. The summed E-state index contributed by atoms with van der Waals surface area (Å²) in [7, 11) is -2.41. The van der Waals surface area contributed by atoms with Crippen molar-refractivity contribution >= 4 is 15.8 Å². The number of hydrogen-bond acceptors (Lipinski definition) is 6. The van der Waals surface area contributed by atoms with Crippen LogP contribution in [0.1, 0.15) is 25.7 Å². The van der Waals surface area contributed by atoms with E-state index < -0.39 is 32.9 Å². The van der Waals surface area contributed by atoms with E-state index in [1.807, 2.05) is 0 Å². The van der Waals surface area contributed by atoms with Crippen molar-refractivity contribution in [1.29, 1.82) is 0 Å². The molecule has 9 heteroatoms. The topological polar surface area (TPSA) is 114 Å². The molecule has 0 amide bonds. The summed E-state index contributed by atoms with van der Waals surface area (Å²) in [6.07, 6.45) is 3.19. The highest BCUT2D eigenvalue weighted by atomic mass is 32.2. The third-order valence-electron chi connectivity index (χ3n) is 3.75. The molecule has 0 spiro atoms. The fraction of sp³-hybridized carbons (Fsp3) is 0.583. The van der Waals surface area contributed by atoms with Crippen molar-refractivity contribution in [2.24, 2.45) is 0 Å². The van der Waals surface area contributed by atoms with Crippen LogP contribution in [0, 0.1) is 10.1 Å². The van der Waals surface area contributed by atoms with Crippen molar-refractivity contribution in [3.63, 3.8) is 0 Å². The van der Waals surface area contributed by atoms with Crippen LogP contribution in [-0.4, -0.2) is 46.9 Å². The maximum absolute atomic E-state index is 12.5. The zero-order valence-electron chi connectivity index (χ0n) is 11.5. The second-order valence-electron chi connectivity index (χ2n) is 5.05. The Labute approximate surface area is 122 Å². The number of sulfonamides is 1. The molecule has 1 fully saturated rings. The molecule has 21 heavy (non-hydrogen) atoms. The van der Waals surface area contributed by atoms with Gasteiger partial charge in [-0.3, -0.25) is 0 Å². The normalized spacial score (nSPS) is 23.2. The Morgan fingerprint density at radius 1 is 1.38 bits per heavy atom. The first-order valence-electron chi connectivity index (χ1n) is 6.60. The second kappa shape index (κ2) is 6.04. The highest BCUT2D eigenvalue weighted by molar-refractivity contribution is 7.89. The number of nitrogens with zero attached hydrogens (tertiary/aromatic N) is 3. The van der Waals surface area contributed by atoms with Gasteiger partial charge in [0.15, 0.2) is 6.20 Å². The zero-order chi connectivity index (χ0) is 15.6. The molecular weight excluding hydrogens is 298 g/mol. The third-order valence-corrected chi connectivity index (χ3v) is 5.61. The van der Waals surface area contributed by atoms with E-state index in [1.54, 1.807) is 0 Å². The maximum Gasteiger partial charge on any atom is 0.363 e. The van der Waals surface area contributed by atoms with Gasteiger partial charge in [0.1, 0.15) is 4.90 Å². The Kier molecular flexibility index (Phi) is 4.55. The van der Waals surface area contributed by atoms with Crippen molar-refractivity contribution in [3.8, 4) is 0 Å². The Balaban J connectivity index is 2.26. The van der Waals surface area contributed by atoms with Crippen LogP contribution >= 0.6 is 0 Å². The number of rotatable bonds is 4. The van der Waals surface area contributed by atoms with E-state index >= 15 is 0 Å². The van der Waals surface area contributed by atoms with Crippen LogP contribution in [0.3, 0.4) is 0 Å². The van der Waals surface area contributed by atoms with Crippen LogP contribution in [0.25, 0.3) is 0 Å². The van der Waals surface area contributed by atoms with Crippen molar-refractivity contribution in [1.82, 2.24) is 9.29 Å². The predicted molar refractivity (Wildman–Crippen MR) is 74.1 cm³/mol. The van der Waals surface area contributed by atoms with Gasteiger partial charge >= 0.3 is 5.82 Å². The molecule has 2 atom stereocenters. The number of aromatic nitrogens is 1. The Morgan fingerprint density at radius 2 is 2.05 bits per heavy atom. The number of pyridine rings is 1. The lowest BCUT2D eigenvalue weighted by Crippen LogP contribution is -2.46. The minimum atomic E-state index is -3.83. The Hall–Kier alpha value is -1.58. The molecule has 0 aromatic carbocycles. The molecule has 1 aromatic heterocycles. The Morgan fingerprint density at radius 3 is 2.57 bits per heavy atom. The predicted octanol–water partition coefficient (Wildman–Crippen LogP) is 0.914. The SMILES string of the molecule is CN(C1CCCCC1O)S(=O)(=O)c1ccc([N+](=O)[O-])nc1. The molecule has 1 aromatic rings. The summed E-state index contributed by atoms with van der Waals surface area (Å²) in [6, 6.07) is 1.74. The fourth-order valence-corrected chi connectivity index (χ4v) is 3.85. The molecule has 2 rings (SSSR count). The van der Waals surface area contributed by atoms with E-state index in [4.69, 9.17) is 0 Å². The van der Waals surface area contributed by atoms with E-state index in [0.29, 0.717) is 12.8 Å². The van der Waals surface area contributed by atoms with Crippen LogP contribution in [0.4, 0.5) is 5.82 Å². The molecule has 1 saturated carbocycles. The van der Waals surface area contributed by atoms with Gasteiger partial charge < -0.3 is 15.2 Å². The lowest BCUT2D eigenvalue weighted by atomic mass is 9.93. The summed E-state index contributed by atoms with van der Waals surface area (Å²) < 4.78 is 26.1. The molecule has 0 radical (unpaired) electrons. The van der Waals surface area contributed by atoms with E-state index in [1.165, 1.54) is 7.05 Å². The van der Waals surface area contributed by atoms with Crippen molar-refractivity contribution in [2.45, 2.75) is 42.7 Å². The smallest absolute Gasteiger partial charge is 0.363 e. The first kappa shape index (κ1) is 15.8. The minimum absolute atomic E-state index is 0.117. The van der Waals surface area contributed by atoms with Gasteiger partial charge in [-0.25, -0.2) is 8.42 Å². The van der Waals surface area contributed by atoms with Gasteiger partial charge in [0.05, 0.1) is 12.1 Å². The van der Waals surface area contributed by atoms with Crippen molar-refractivity contribution in [2.75, 3.05) is 7.05 Å². The average Bonchev–Trinajstić information content (AvgIpc) is 2.47. The molecule has 8 nitrogen and oxygen atoms in total. The third kappa shape index (κ3) is 3.20. The molecule has 116 valence electrons. The van der Waals surface area contributed by atoms with Crippen LogP contribution in [0.15, 0.2) is 23.2 Å². The molecule has 1 N–H and O–H groups in total. The quantitative estimate of drug-likeness (QED) is 0.652. The van der Waals surface area contributed by atoms with E-state index in [-0.39, 0.29) is 4.90 Å². The number of nitro groups is 1. The molecular formula is C12H17N3O5S. The number of aliphatic hydroxyl groups excluding tert-OH is 1. The molecule has 0 aliphatic heterocycles. The number of hydrogen-bond donors (Lipinski definition) is 1. The van der Waals surface area contributed by atoms with Crippen LogP contribution in [0.5, 0.6) is 0 Å². The summed E-state index contributed by atoms with van der Waals surface area (Å²) in [5.74, 6) is -0.408. The molecule has 0 bridgehead atoms. The Bertz CT molecular complexity index is 616. The van der Waals surface area contributed by atoms with Crippen LogP contribution < -0.4 is 0 Å². The number of likely N-dealkylation sites (N-methyl/N-ethyl adjacent to an activating group) is 1. The van der Waals surface area contributed by atoms with Gasteiger partial charge in [0.25, 0.3) is 0 Å². The molecule has 0 saturated heterocycles. The molecule has 1 aliphatic carbocycles. The van der Waals surface area contributed by atoms with E-state index in [9.17, 15) is 23.6 Å². The van der Waals surface area contributed by atoms with Gasteiger partial charge in [0, 0.05) is 13.1 Å². The van der Waals surface area contributed by atoms with Crippen LogP contribution in [-0.2, 0) is 10.0 Å². The lowest BCUT2D eigenvalue weighted by molar-refractivity contribution is -0.389. The van der Waals surface area contributed by atoms with Crippen molar-refractivity contribution < 1.29 is 18.4 Å². The van der Waals surface area contributed by atoms with Gasteiger partial charge in [-0.05, 0) is 28.8 Å². The zero-order valence-corrected chi connectivity index (χ0v) is 12.4. The summed E-state index contributed by atoms with van der Waals surface area (Å²) in [4.78, 5) is 13.3. The minimum Gasteiger partial charge on any atom is -0.391 e.